The van der Waals surface area contributed by atoms with Crippen molar-refractivity contribution in [2.24, 2.45) is 0 Å². The second-order valence-electron chi connectivity index (χ2n) is 3.27. The molecule has 6 heteroatoms. The Kier molecular flexibility index (Phi) is 2.93. The highest BCUT2D eigenvalue weighted by Crippen LogP contribution is 2.27. The number of hydrogen-bond donors (Lipinski definition) is 0. The molecule has 0 spiro atoms. The van der Waals surface area contributed by atoms with Gasteiger partial charge in [-0.05, 0) is 24.3 Å². The molecule has 1 heterocycles. The van der Waals surface area contributed by atoms with Crippen LogP contribution < -0.4 is 0 Å². The van der Waals surface area contributed by atoms with Crippen molar-refractivity contribution >= 4 is 21.6 Å². The highest BCUT2D eigenvalue weighted by Gasteiger charge is 2.17. The van der Waals surface area contributed by atoms with Gasteiger partial charge in [0.05, 0.1) is 4.92 Å². The molecule has 0 N–H and O–H groups in total. The molecule has 0 aliphatic carbocycles. The van der Waals surface area contributed by atoms with Gasteiger partial charge in [0.2, 0.25) is 0 Å². The Bertz CT molecular complexity index is 628. The molecule has 0 aliphatic rings. The van der Waals surface area contributed by atoms with Gasteiger partial charge < -0.3 is 4.57 Å². The van der Waals surface area contributed by atoms with E-state index in [-0.39, 0.29) is 5.69 Å². The molecule has 5 nitrogen and oxygen atoms in total. The molecular formula is C11H6BrN3O2. The monoisotopic (exact) mass is 291 g/mol. The number of nitrogens with zero attached hydrogens (tertiary/aromatic N) is 3. The van der Waals surface area contributed by atoms with Crippen LogP contribution in [-0.4, -0.2) is 9.49 Å². The zero-order chi connectivity index (χ0) is 12.4. The number of rotatable bonds is 2. The van der Waals surface area contributed by atoms with E-state index in [1.165, 1.54) is 10.6 Å². The summed E-state index contributed by atoms with van der Waals surface area (Å²) in [6.07, 6.45) is 1.62. The zero-order valence-electron chi connectivity index (χ0n) is 8.50. The van der Waals surface area contributed by atoms with Crippen LogP contribution in [0.2, 0.25) is 0 Å². The van der Waals surface area contributed by atoms with Gasteiger partial charge in [-0.3, -0.25) is 10.1 Å². The fourth-order valence-electron chi connectivity index (χ4n) is 1.53. The Morgan fingerprint density at radius 2 is 2.18 bits per heavy atom. The fourth-order valence-corrected chi connectivity index (χ4v) is 1.88. The van der Waals surface area contributed by atoms with Crippen molar-refractivity contribution in [2.45, 2.75) is 0 Å². The molecule has 0 saturated heterocycles. The molecule has 0 fully saturated rings. The highest BCUT2D eigenvalue weighted by molar-refractivity contribution is 9.10. The minimum atomic E-state index is -0.471. The first-order valence-electron chi connectivity index (χ1n) is 4.65. The molecule has 2 aromatic rings. The first-order chi connectivity index (χ1) is 8.13. The standard InChI is InChI=1S/C11H6BrN3O2/c12-8-3-4-10(11(6-8)15(16)17)14-5-1-2-9(14)7-13/h1-6H. The first kappa shape index (κ1) is 11.4. The maximum Gasteiger partial charge on any atom is 0.294 e. The van der Waals surface area contributed by atoms with Crippen LogP contribution >= 0.6 is 15.9 Å². The van der Waals surface area contributed by atoms with Crippen molar-refractivity contribution in [3.8, 4) is 11.8 Å². The number of aromatic nitrogens is 1. The smallest absolute Gasteiger partial charge is 0.294 e. The van der Waals surface area contributed by atoms with Crippen molar-refractivity contribution < 1.29 is 4.92 Å². The van der Waals surface area contributed by atoms with Crippen LogP contribution in [0.5, 0.6) is 0 Å². The minimum Gasteiger partial charge on any atom is -0.302 e. The van der Waals surface area contributed by atoms with Gasteiger partial charge in [0.15, 0.2) is 0 Å². The molecule has 0 unspecified atom stereocenters. The Balaban J connectivity index is 2.68. The molecule has 0 amide bonds. The SMILES string of the molecule is N#Cc1cccn1-c1ccc(Br)cc1[N+](=O)[O-]. The van der Waals surface area contributed by atoms with Crippen LogP contribution in [0.3, 0.4) is 0 Å². The van der Waals surface area contributed by atoms with Gasteiger partial charge in [-0.2, -0.15) is 5.26 Å². The summed E-state index contributed by atoms with van der Waals surface area (Å²) in [6.45, 7) is 0. The predicted octanol–water partition coefficient (Wildman–Crippen LogP) is 3.02. The summed E-state index contributed by atoms with van der Waals surface area (Å²) in [5.41, 5.74) is 0.683. The van der Waals surface area contributed by atoms with Crippen LogP contribution in [0.15, 0.2) is 41.0 Å². The summed E-state index contributed by atoms with van der Waals surface area (Å²) < 4.78 is 2.11. The number of benzene rings is 1. The molecule has 17 heavy (non-hydrogen) atoms. The van der Waals surface area contributed by atoms with E-state index in [2.05, 4.69) is 15.9 Å². The van der Waals surface area contributed by atoms with E-state index < -0.39 is 4.92 Å². The maximum atomic E-state index is 11.0. The molecule has 0 bridgehead atoms. The average molecular weight is 292 g/mol. The molecule has 0 radical (unpaired) electrons. The van der Waals surface area contributed by atoms with Gasteiger partial charge >= 0.3 is 0 Å². The van der Waals surface area contributed by atoms with E-state index in [4.69, 9.17) is 5.26 Å². The van der Waals surface area contributed by atoms with Gasteiger partial charge in [-0.15, -0.1) is 0 Å². The van der Waals surface area contributed by atoms with Gasteiger partial charge in [0, 0.05) is 16.7 Å². The van der Waals surface area contributed by atoms with Gasteiger partial charge in [-0.1, -0.05) is 15.9 Å². The lowest BCUT2D eigenvalue weighted by molar-refractivity contribution is -0.384. The fraction of sp³-hybridized carbons (Fsp3) is 0. The van der Waals surface area contributed by atoms with Crippen LogP contribution in [0.25, 0.3) is 5.69 Å². The Morgan fingerprint density at radius 3 is 2.82 bits per heavy atom. The number of nitro benzene ring substituents is 1. The van der Waals surface area contributed by atoms with E-state index in [9.17, 15) is 10.1 Å². The highest BCUT2D eigenvalue weighted by atomic mass is 79.9. The summed E-state index contributed by atoms with van der Waals surface area (Å²) >= 11 is 3.18. The average Bonchev–Trinajstić information content (AvgIpc) is 2.76. The van der Waals surface area contributed by atoms with Crippen LogP contribution in [0.1, 0.15) is 5.69 Å². The molecule has 84 valence electrons. The third-order valence-electron chi connectivity index (χ3n) is 2.26. The second-order valence-corrected chi connectivity index (χ2v) is 4.18. The first-order valence-corrected chi connectivity index (χ1v) is 5.44. The quantitative estimate of drug-likeness (QED) is 0.631. The lowest BCUT2D eigenvalue weighted by Gasteiger charge is -2.05. The Morgan fingerprint density at radius 1 is 1.41 bits per heavy atom. The van der Waals surface area contributed by atoms with Crippen molar-refractivity contribution in [1.82, 2.24) is 4.57 Å². The van der Waals surface area contributed by atoms with Crippen LogP contribution in [0.4, 0.5) is 5.69 Å². The minimum absolute atomic E-state index is 0.0490. The molecule has 0 atom stereocenters. The van der Waals surface area contributed by atoms with Gasteiger partial charge in [0.1, 0.15) is 17.5 Å². The summed E-state index contributed by atoms with van der Waals surface area (Å²) in [5, 5.41) is 19.9. The summed E-state index contributed by atoms with van der Waals surface area (Å²) in [6, 6.07) is 9.97. The molecule has 2 rings (SSSR count). The molecule has 0 aliphatic heterocycles. The lowest BCUT2D eigenvalue weighted by atomic mass is 10.2. The van der Waals surface area contributed by atoms with Gasteiger partial charge in [0.25, 0.3) is 5.69 Å². The van der Waals surface area contributed by atoms with E-state index in [0.717, 1.165) is 0 Å². The number of halogens is 1. The number of nitriles is 1. The largest absolute Gasteiger partial charge is 0.302 e. The summed E-state index contributed by atoms with van der Waals surface area (Å²) in [4.78, 5) is 10.5. The Hall–Kier alpha value is -2.13. The summed E-state index contributed by atoms with van der Waals surface area (Å²) in [7, 11) is 0. The van der Waals surface area contributed by atoms with Crippen molar-refractivity contribution in [3.05, 3.63) is 56.8 Å². The van der Waals surface area contributed by atoms with E-state index >= 15 is 0 Å². The normalized spacial score (nSPS) is 9.88. The molecule has 1 aromatic carbocycles. The van der Waals surface area contributed by atoms with Crippen LogP contribution in [0, 0.1) is 21.4 Å². The number of hydrogen-bond acceptors (Lipinski definition) is 3. The third-order valence-corrected chi connectivity index (χ3v) is 2.75. The van der Waals surface area contributed by atoms with E-state index in [1.807, 2.05) is 6.07 Å². The van der Waals surface area contributed by atoms with E-state index in [0.29, 0.717) is 15.9 Å². The van der Waals surface area contributed by atoms with Gasteiger partial charge in [-0.25, -0.2) is 0 Å². The topological polar surface area (TPSA) is 71.9 Å². The van der Waals surface area contributed by atoms with Crippen molar-refractivity contribution in [2.75, 3.05) is 0 Å². The van der Waals surface area contributed by atoms with Crippen molar-refractivity contribution in [3.63, 3.8) is 0 Å². The number of nitro groups is 1. The van der Waals surface area contributed by atoms with Crippen molar-refractivity contribution in [1.29, 1.82) is 5.26 Å². The second kappa shape index (κ2) is 4.39. The molecular weight excluding hydrogens is 286 g/mol. The lowest BCUT2D eigenvalue weighted by Crippen LogP contribution is -2.00. The predicted molar refractivity (Wildman–Crippen MR) is 64.8 cm³/mol. The Labute approximate surface area is 105 Å². The summed E-state index contributed by atoms with van der Waals surface area (Å²) in [5.74, 6) is 0. The van der Waals surface area contributed by atoms with Crippen LogP contribution in [-0.2, 0) is 0 Å². The molecule has 1 aromatic heterocycles. The maximum absolute atomic E-state index is 11.0. The zero-order valence-corrected chi connectivity index (χ0v) is 10.1. The molecule has 0 saturated carbocycles. The van der Waals surface area contributed by atoms with E-state index in [1.54, 1.807) is 30.5 Å². The third kappa shape index (κ3) is 2.05.